The van der Waals surface area contributed by atoms with Crippen molar-refractivity contribution in [2.75, 3.05) is 6.61 Å². The Morgan fingerprint density at radius 2 is 2.08 bits per heavy atom. The Labute approximate surface area is 159 Å². The molecule has 25 heavy (non-hydrogen) atoms. The maximum atomic E-state index is 11.9. The van der Waals surface area contributed by atoms with Gasteiger partial charge in [-0.15, -0.1) is 0 Å². The summed E-state index contributed by atoms with van der Waals surface area (Å²) in [6.07, 6.45) is 3.55. The predicted molar refractivity (Wildman–Crippen MR) is 105 cm³/mol. The Morgan fingerprint density at radius 1 is 1.32 bits per heavy atom. The molecule has 0 aliphatic heterocycles. The second kappa shape index (κ2) is 9.25. The van der Waals surface area contributed by atoms with E-state index in [1.807, 2.05) is 13.0 Å². The smallest absolute Gasteiger partial charge is 0.276 e. The molecular formula is C18H26ClN3O2S. The van der Waals surface area contributed by atoms with Crippen LogP contribution < -0.4 is 20.9 Å². The summed E-state index contributed by atoms with van der Waals surface area (Å²) in [7, 11) is 0. The predicted octanol–water partition coefficient (Wildman–Crippen LogP) is 3.35. The highest BCUT2D eigenvalue weighted by molar-refractivity contribution is 7.80. The van der Waals surface area contributed by atoms with E-state index in [0.29, 0.717) is 33.8 Å². The topological polar surface area (TPSA) is 62.4 Å². The summed E-state index contributed by atoms with van der Waals surface area (Å²) < 4.78 is 5.45. The van der Waals surface area contributed by atoms with Gasteiger partial charge in [-0.1, -0.05) is 44.4 Å². The minimum atomic E-state index is -0.327. The molecule has 0 saturated heterocycles. The molecule has 138 valence electrons. The SMILES string of the molecule is Cc1ccc(Cl)c(OCC(=O)NNC(=S)N[C@@H]2CCC[C@@H](C)[C@@H]2C)c1. The molecule has 1 amide bonds. The fourth-order valence-corrected chi connectivity index (χ4v) is 3.39. The lowest BCUT2D eigenvalue weighted by atomic mass is 9.78. The summed E-state index contributed by atoms with van der Waals surface area (Å²) in [5.41, 5.74) is 6.29. The second-order valence-corrected chi connectivity index (χ2v) is 7.56. The summed E-state index contributed by atoms with van der Waals surface area (Å²) in [5.74, 6) is 1.39. The van der Waals surface area contributed by atoms with Crippen molar-refractivity contribution in [3.05, 3.63) is 28.8 Å². The quantitative estimate of drug-likeness (QED) is 0.549. The van der Waals surface area contributed by atoms with Crippen LogP contribution in [0.3, 0.4) is 0 Å². The number of amides is 1. The molecule has 3 atom stereocenters. The van der Waals surface area contributed by atoms with Gasteiger partial charge in [0.1, 0.15) is 5.75 Å². The Bertz CT molecular complexity index is 626. The van der Waals surface area contributed by atoms with Gasteiger partial charge >= 0.3 is 0 Å². The molecule has 1 saturated carbocycles. The number of rotatable bonds is 4. The van der Waals surface area contributed by atoms with Gasteiger partial charge in [0.05, 0.1) is 5.02 Å². The van der Waals surface area contributed by atoms with Crippen LogP contribution in [0.2, 0.25) is 5.02 Å². The Kier molecular flexibility index (Phi) is 7.32. The molecule has 0 spiro atoms. The number of aryl methyl sites for hydroxylation is 1. The second-order valence-electron chi connectivity index (χ2n) is 6.74. The highest BCUT2D eigenvalue weighted by atomic mass is 35.5. The molecule has 1 aromatic carbocycles. The van der Waals surface area contributed by atoms with Crippen molar-refractivity contribution < 1.29 is 9.53 Å². The Balaban J connectivity index is 1.72. The highest BCUT2D eigenvalue weighted by Gasteiger charge is 2.27. The van der Waals surface area contributed by atoms with E-state index in [0.717, 1.165) is 12.0 Å². The van der Waals surface area contributed by atoms with Gasteiger partial charge in [0.2, 0.25) is 0 Å². The van der Waals surface area contributed by atoms with E-state index in [2.05, 4.69) is 30.0 Å². The summed E-state index contributed by atoms with van der Waals surface area (Å²) in [4.78, 5) is 11.9. The lowest BCUT2D eigenvalue weighted by Crippen LogP contribution is -2.53. The van der Waals surface area contributed by atoms with Gasteiger partial charge in [-0.05, 0) is 55.1 Å². The molecule has 1 aromatic rings. The molecular weight excluding hydrogens is 358 g/mol. The first-order valence-corrected chi connectivity index (χ1v) is 9.39. The third-order valence-corrected chi connectivity index (χ3v) is 5.32. The van der Waals surface area contributed by atoms with Gasteiger partial charge in [0.15, 0.2) is 11.7 Å². The largest absolute Gasteiger partial charge is 0.482 e. The fraction of sp³-hybridized carbons (Fsp3) is 0.556. The third-order valence-electron chi connectivity index (χ3n) is 4.78. The number of nitrogens with one attached hydrogen (secondary N) is 3. The van der Waals surface area contributed by atoms with Crippen molar-refractivity contribution in [3.8, 4) is 5.75 Å². The van der Waals surface area contributed by atoms with Crippen molar-refractivity contribution in [2.24, 2.45) is 11.8 Å². The maximum absolute atomic E-state index is 11.9. The highest BCUT2D eigenvalue weighted by Crippen LogP contribution is 2.29. The zero-order chi connectivity index (χ0) is 18.4. The molecule has 0 radical (unpaired) electrons. The van der Waals surface area contributed by atoms with E-state index in [9.17, 15) is 4.79 Å². The number of thiocarbonyl (C=S) groups is 1. The maximum Gasteiger partial charge on any atom is 0.276 e. The number of carbonyl (C=O) groups excluding carboxylic acids is 1. The van der Waals surface area contributed by atoms with Crippen molar-refractivity contribution in [1.29, 1.82) is 0 Å². The van der Waals surface area contributed by atoms with Crippen LogP contribution in [-0.2, 0) is 4.79 Å². The van der Waals surface area contributed by atoms with Gasteiger partial charge in [-0.2, -0.15) is 0 Å². The molecule has 2 rings (SSSR count). The van der Waals surface area contributed by atoms with Crippen molar-refractivity contribution in [3.63, 3.8) is 0 Å². The van der Waals surface area contributed by atoms with E-state index < -0.39 is 0 Å². The first-order chi connectivity index (χ1) is 11.9. The first-order valence-electron chi connectivity index (χ1n) is 8.61. The van der Waals surface area contributed by atoms with E-state index in [1.54, 1.807) is 12.1 Å². The van der Waals surface area contributed by atoms with Gasteiger partial charge in [0, 0.05) is 6.04 Å². The lowest BCUT2D eigenvalue weighted by molar-refractivity contribution is -0.123. The van der Waals surface area contributed by atoms with E-state index >= 15 is 0 Å². The van der Waals surface area contributed by atoms with Gasteiger partial charge < -0.3 is 10.1 Å². The standard InChI is InChI=1S/C18H26ClN3O2S/c1-11-7-8-14(19)16(9-11)24-10-17(23)21-22-18(25)20-15-6-4-5-12(2)13(15)3/h7-9,12-13,15H,4-6,10H2,1-3H3,(H,21,23)(H2,20,22,25)/t12-,13+,15-/m1/s1. The molecule has 7 heteroatoms. The van der Waals surface area contributed by atoms with Gasteiger partial charge in [-0.25, -0.2) is 0 Å². The normalized spacial score (nSPS) is 22.8. The number of carbonyl (C=O) groups is 1. The average molecular weight is 384 g/mol. The molecule has 0 unspecified atom stereocenters. The van der Waals surface area contributed by atoms with Crippen LogP contribution in [0, 0.1) is 18.8 Å². The zero-order valence-electron chi connectivity index (χ0n) is 14.9. The monoisotopic (exact) mass is 383 g/mol. The van der Waals surface area contributed by atoms with E-state index in [4.69, 9.17) is 28.6 Å². The summed E-state index contributed by atoms with van der Waals surface area (Å²) in [6.45, 7) is 6.30. The molecule has 3 N–H and O–H groups in total. The van der Waals surface area contributed by atoms with Crippen LogP contribution in [0.15, 0.2) is 18.2 Å². The molecule has 0 heterocycles. The van der Waals surface area contributed by atoms with Gasteiger partial charge in [-0.3, -0.25) is 15.6 Å². The van der Waals surface area contributed by atoms with Crippen LogP contribution >= 0.6 is 23.8 Å². The molecule has 1 aliphatic rings. The number of hydrazine groups is 1. The first kappa shape index (κ1) is 19.8. The summed E-state index contributed by atoms with van der Waals surface area (Å²) in [6, 6.07) is 5.76. The third kappa shape index (κ3) is 6.04. The van der Waals surface area contributed by atoms with Crippen LogP contribution in [0.4, 0.5) is 0 Å². The van der Waals surface area contributed by atoms with Crippen LogP contribution in [0.25, 0.3) is 0 Å². The molecule has 0 bridgehead atoms. The van der Waals surface area contributed by atoms with E-state index in [1.165, 1.54) is 12.8 Å². The molecule has 1 fully saturated rings. The molecule has 1 aliphatic carbocycles. The summed E-state index contributed by atoms with van der Waals surface area (Å²) in [5, 5.41) is 4.19. The average Bonchev–Trinajstić information content (AvgIpc) is 2.58. The number of halogens is 1. The molecule has 5 nitrogen and oxygen atoms in total. The minimum absolute atomic E-state index is 0.143. The van der Waals surface area contributed by atoms with Crippen LogP contribution in [-0.4, -0.2) is 23.7 Å². The van der Waals surface area contributed by atoms with Crippen LogP contribution in [0.5, 0.6) is 5.75 Å². The zero-order valence-corrected chi connectivity index (χ0v) is 16.5. The Morgan fingerprint density at radius 3 is 2.84 bits per heavy atom. The van der Waals surface area contributed by atoms with Crippen molar-refractivity contribution in [2.45, 2.75) is 46.1 Å². The molecule has 0 aromatic heterocycles. The number of ether oxygens (including phenoxy) is 1. The van der Waals surface area contributed by atoms with Crippen molar-refractivity contribution >= 4 is 34.8 Å². The fourth-order valence-electron chi connectivity index (χ4n) is 3.02. The number of hydrogen-bond acceptors (Lipinski definition) is 3. The summed E-state index contributed by atoms with van der Waals surface area (Å²) >= 11 is 11.3. The van der Waals surface area contributed by atoms with Crippen molar-refractivity contribution in [1.82, 2.24) is 16.2 Å². The minimum Gasteiger partial charge on any atom is -0.482 e. The van der Waals surface area contributed by atoms with Crippen LogP contribution in [0.1, 0.15) is 38.7 Å². The lowest BCUT2D eigenvalue weighted by Gasteiger charge is -2.35. The van der Waals surface area contributed by atoms with E-state index in [-0.39, 0.29) is 12.5 Å². The number of hydrogen-bond donors (Lipinski definition) is 3. The number of benzene rings is 1. The van der Waals surface area contributed by atoms with Gasteiger partial charge in [0.25, 0.3) is 5.91 Å². The Hall–Kier alpha value is -1.53.